The Bertz CT molecular complexity index is 1030. The lowest BCUT2D eigenvalue weighted by molar-refractivity contribution is 0.0979. The lowest BCUT2D eigenvalue weighted by Gasteiger charge is -2.18. The Balaban J connectivity index is 1.80. The van der Waals surface area contributed by atoms with E-state index in [9.17, 15) is 9.59 Å². The second-order valence-corrected chi connectivity index (χ2v) is 6.16. The summed E-state index contributed by atoms with van der Waals surface area (Å²) in [5, 5.41) is 0.819. The maximum atomic E-state index is 12.9. The van der Waals surface area contributed by atoms with Gasteiger partial charge in [-0.15, -0.1) is 0 Å². The quantitative estimate of drug-likeness (QED) is 0.497. The number of fused-ring (bicyclic) bond motifs is 4. The van der Waals surface area contributed by atoms with Crippen LogP contribution in [0.15, 0.2) is 41.0 Å². The fourth-order valence-electron chi connectivity index (χ4n) is 3.46. The zero-order valence-electron chi connectivity index (χ0n) is 12.4. The minimum Gasteiger partial charge on any atom is -0.493 e. The van der Waals surface area contributed by atoms with Gasteiger partial charge in [-0.3, -0.25) is 9.59 Å². The molecule has 0 spiro atoms. The van der Waals surface area contributed by atoms with Gasteiger partial charge < -0.3 is 9.15 Å². The second kappa shape index (κ2) is 4.10. The van der Waals surface area contributed by atoms with Crippen LogP contribution in [0.25, 0.3) is 11.0 Å². The van der Waals surface area contributed by atoms with Crippen LogP contribution in [-0.2, 0) is 0 Å². The number of furan rings is 1. The predicted octanol–water partition coefficient (Wildman–Crippen LogP) is 3.70. The summed E-state index contributed by atoms with van der Waals surface area (Å²) >= 11 is 0. The van der Waals surface area contributed by atoms with Crippen molar-refractivity contribution in [2.45, 2.75) is 12.8 Å². The molecule has 2 aromatic carbocycles. The van der Waals surface area contributed by atoms with Gasteiger partial charge in [0.1, 0.15) is 11.3 Å². The molecule has 0 saturated carbocycles. The molecule has 1 aliphatic heterocycles. The highest BCUT2D eigenvalue weighted by molar-refractivity contribution is 6.29. The van der Waals surface area contributed by atoms with E-state index in [-0.39, 0.29) is 17.5 Å². The summed E-state index contributed by atoms with van der Waals surface area (Å²) in [5.74, 6) is 0.677. The third kappa shape index (κ3) is 1.55. The molecule has 1 aromatic heterocycles. The number of hydrogen-bond acceptors (Lipinski definition) is 4. The van der Waals surface area contributed by atoms with Crippen LogP contribution in [0.1, 0.15) is 50.2 Å². The molecule has 4 heteroatoms. The van der Waals surface area contributed by atoms with Gasteiger partial charge in [0.2, 0.25) is 0 Å². The normalized spacial score (nSPS) is 18.6. The second-order valence-electron chi connectivity index (χ2n) is 6.16. The fourth-order valence-corrected chi connectivity index (χ4v) is 3.46. The number of ether oxygens (including phenoxy) is 1. The van der Waals surface area contributed by atoms with Crippen molar-refractivity contribution in [1.82, 2.24) is 0 Å². The number of benzene rings is 2. The van der Waals surface area contributed by atoms with Crippen molar-refractivity contribution in [3.05, 3.63) is 64.4 Å². The van der Waals surface area contributed by atoms with Crippen LogP contribution in [-0.4, -0.2) is 18.2 Å². The summed E-state index contributed by atoms with van der Waals surface area (Å²) in [6, 6.07) is 8.72. The lowest BCUT2D eigenvalue weighted by atomic mass is 9.82. The third-order valence-electron chi connectivity index (χ3n) is 4.74. The zero-order valence-corrected chi connectivity index (χ0v) is 12.4. The van der Waals surface area contributed by atoms with E-state index < -0.39 is 0 Å². The first kappa shape index (κ1) is 12.6. The first-order valence-corrected chi connectivity index (χ1v) is 7.55. The van der Waals surface area contributed by atoms with Gasteiger partial charge in [-0.25, -0.2) is 0 Å². The largest absolute Gasteiger partial charge is 0.493 e. The van der Waals surface area contributed by atoms with Gasteiger partial charge in [0.25, 0.3) is 0 Å². The maximum absolute atomic E-state index is 12.9. The van der Waals surface area contributed by atoms with Crippen molar-refractivity contribution >= 4 is 22.5 Å². The molecule has 0 radical (unpaired) electrons. The van der Waals surface area contributed by atoms with Gasteiger partial charge in [0.05, 0.1) is 12.9 Å². The first-order valence-electron chi connectivity index (χ1n) is 7.55. The molecule has 1 unspecified atom stereocenters. The SMILES string of the molecule is CC1COc2cc3c(cc21)C(=O)c1cc2occc2cc1C3=O. The molecule has 0 bridgehead atoms. The van der Waals surface area contributed by atoms with Gasteiger partial charge >= 0.3 is 0 Å². The van der Waals surface area contributed by atoms with E-state index >= 15 is 0 Å². The molecule has 5 rings (SSSR count). The minimum absolute atomic E-state index is 0.130. The van der Waals surface area contributed by atoms with Crippen LogP contribution in [0.4, 0.5) is 0 Å². The fraction of sp³-hybridized carbons (Fsp3) is 0.158. The van der Waals surface area contributed by atoms with Crippen LogP contribution < -0.4 is 4.74 Å². The molecular formula is C19H12O4. The van der Waals surface area contributed by atoms with Gasteiger partial charge in [-0.05, 0) is 30.3 Å². The molecule has 0 fully saturated rings. The summed E-state index contributed by atoms with van der Waals surface area (Å²) in [4.78, 5) is 25.8. The van der Waals surface area contributed by atoms with Gasteiger partial charge in [-0.2, -0.15) is 0 Å². The van der Waals surface area contributed by atoms with Crippen LogP contribution >= 0.6 is 0 Å². The van der Waals surface area contributed by atoms with Crippen molar-refractivity contribution in [1.29, 1.82) is 0 Å². The molecule has 1 atom stereocenters. The molecule has 1 aliphatic carbocycles. The van der Waals surface area contributed by atoms with Gasteiger partial charge in [0, 0.05) is 39.1 Å². The minimum atomic E-state index is -0.136. The number of carbonyl (C=O) groups excluding carboxylic acids is 2. The van der Waals surface area contributed by atoms with E-state index in [1.165, 1.54) is 0 Å². The average Bonchev–Trinajstić information content (AvgIpc) is 3.16. The number of hydrogen-bond donors (Lipinski definition) is 0. The molecule has 0 amide bonds. The summed E-state index contributed by atoms with van der Waals surface area (Å²) in [6.45, 7) is 2.63. The van der Waals surface area contributed by atoms with Crippen LogP contribution in [0.3, 0.4) is 0 Å². The Hall–Kier alpha value is -2.88. The molecule has 4 nitrogen and oxygen atoms in total. The number of ketones is 2. The summed E-state index contributed by atoms with van der Waals surface area (Å²) in [6.07, 6.45) is 1.56. The Morgan fingerprint density at radius 1 is 0.957 bits per heavy atom. The van der Waals surface area contributed by atoms with Crippen molar-refractivity contribution in [2.24, 2.45) is 0 Å². The predicted molar refractivity (Wildman–Crippen MR) is 83.4 cm³/mol. The summed E-state index contributed by atoms with van der Waals surface area (Å²) in [7, 11) is 0. The topological polar surface area (TPSA) is 56.5 Å². The van der Waals surface area contributed by atoms with Gasteiger partial charge in [-0.1, -0.05) is 6.92 Å². The van der Waals surface area contributed by atoms with E-state index in [0.717, 1.165) is 10.9 Å². The highest BCUT2D eigenvalue weighted by Crippen LogP contribution is 2.39. The highest BCUT2D eigenvalue weighted by atomic mass is 16.5. The van der Waals surface area contributed by atoms with Crippen molar-refractivity contribution in [2.75, 3.05) is 6.61 Å². The Kier molecular flexibility index (Phi) is 2.25. The monoisotopic (exact) mass is 304 g/mol. The molecular weight excluding hydrogens is 292 g/mol. The van der Waals surface area contributed by atoms with E-state index in [1.807, 2.05) is 13.0 Å². The van der Waals surface area contributed by atoms with E-state index in [4.69, 9.17) is 9.15 Å². The van der Waals surface area contributed by atoms with Crippen LogP contribution in [0, 0.1) is 0 Å². The van der Waals surface area contributed by atoms with Crippen molar-refractivity contribution in [3.63, 3.8) is 0 Å². The summed E-state index contributed by atoms with van der Waals surface area (Å²) < 4.78 is 11.0. The Morgan fingerprint density at radius 3 is 2.48 bits per heavy atom. The van der Waals surface area contributed by atoms with Crippen LogP contribution in [0.2, 0.25) is 0 Å². The third-order valence-corrected chi connectivity index (χ3v) is 4.74. The Labute approximate surface area is 131 Å². The molecule has 2 aliphatic rings. The zero-order chi connectivity index (χ0) is 15.7. The first-order chi connectivity index (χ1) is 11.1. The maximum Gasteiger partial charge on any atom is 0.194 e. The molecule has 2 heterocycles. The van der Waals surface area contributed by atoms with E-state index in [2.05, 4.69) is 0 Å². The van der Waals surface area contributed by atoms with Gasteiger partial charge in [0.15, 0.2) is 11.6 Å². The molecule has 112 valence electrons. The van der Waals surface area contributed by atoms with E-state index in [1.54, 1.807) is 30.5 Å². The van der Waals surface area contributed by atoms with Crippen molar-refractivity contribution in [3.8, 4) is 5.75 Å². The van der Waals surface area contributed by atoms with Crippen molar-refractivity contribution < 1.29 is 18.7 Å². The van der Waals surface area contributed by atoms with E-state index in [0.29, 0.717) is 40.2 Å². The molecule has 0 N–H and O–H groups in total. The molecule has 23 heavy (non-hydrogen) atoms. The molecule has 3 aromatic rings. The standard InChI is InChI=1S/C19H12O4/c1-9-8-23-17-7-15-13(5-11(9)17)19(21)14-6-16-10(2-3-22-16)4-12(14)18(15)20/h2-7,9H,8H2,1H3. The highest BCUT2D eigenvalue weighted by Gasteiger charge is 2.33. The average molecular weight is 304 g/mol. The van der Waals surface area contributed by atoms with Crippen LogP contribution in [0.5, 0.6) is 5.75 Å². The number of rotatable bonds is 0. The smallest absolute Gasteiger partial charge is 0.194 e. The number of carbonyl (C=O) groups is 2. The Morgan fingerprint density at radius 2 is 1.65 bits per heavy atom. The lowest BCUT2D eigenvalue weighted by Crippen LogP contribution is -2.21. The summed E-state index contributed by atoms with van der Waals surface area (Å²) in [5.41, 5.74) is 3.35. The molecule has 0 saturated heterocycles.